The number of aromatic nitrogens is 1. The van der Waals surface area contributed by atoms with E-state index in [9.17, 15) is 0 Å². The highest BCUT2D eigenvalue weighted by Crippen LogP contribution is 2.41. The number of nitrogens with zero attached hydrogens (tertiary/aromatic N) is 1. The van der Waals surface area contributed by atoms with Crippen molar-refractivity contribution in [2.45, 2.75) is 59.3 Å². The van der Waals surface area contributed by atoms with Crippen LogP contribution in [-0.4, -0.2) is 4.98 Å². The number of hydrogen-bond donors (Lipinski definition) is 0. The van der Waals surface area contributed by atoms with Crippen LogP contribution in [0.15, 0.2) is 72.8 Å². The third kappa shape index (κ3) is 4.05. The molecule has 0 saturated carbocycles. The van der Waals surface area contributed by atoms with Gasteiger partial charge >= 0.3 is 0 Å². The average Bonchev–Trinajstić information content (AvgIpc) is 3.22. The summed E-state index contributed by atoms with van der Waals surface area (Å²) in [4.78, 5) is 5.24. The molecule has 0 N–H and O–H groups in total. The van der Waals surface area contributed by atoms with Crippen molar-refractivity contribution in [2.75, 3.05) is 0 Å². The van der Waals surface area contributed by atoms with E-state index in [0.29, 0.717) is 0 Å². The summed E-state index contributed by atoms with van der Waals surface area (Å²) in [5.74, 6) is 0. The largest absolute Gasteiger partial charge is 0.235 e. The molecule has 0 aliphatic rings. The van der Waals surface area contributed by atoms with E-state index in [4.69, 9.17) is 4.98 Å². The molecule has 0 fully saturated rings. The molecule has 0 unspecified atom stereocenters. The molecule has 0 aliphatic heterocycles. The van der Waals surface area contributed by atoms with Gasteiger partial charge in [-0.25, -0.2) is 4.98 Å². The second-order valence-corrected chi connectivity index (χ2v) is 12.5. The second kappa shape index (κ2) is 8.06. The molecule has 2 heteroatoms. The Labute approximate surface area is 207 Å². The third-order valence-corrected chi connectivity index (χ3v) is 7.89. The van der Waals surface area contributed by atoms with Crippen LogP contribution in [0.1, 0.15) is 58.2 Å². The van der Waals surface area contributed by atoms with Crippen molar-refractivity contribution < 1.29 is 0 Å². The third-order valence-electron chi connectivity index (χ3n) is 6.85. The molecule has 5 rings (SSSR count). The van der Waals surface area contributed by atoms with Crippen molar-refractivity contribution in [3.63, 3.8) is 0 Å². The summed E-state index contributed by atoms with van der Waals surface area (Å²) in [6.45, 7) is 15.9. The van der Waals surface area contributed by atoms with Gasteiger partial charge in [0.25, 0.3) is 0 Å². The first-order chi connectivity index (χ1) is 16.0. The molecule has 172 valence electrons. The lowest BCUT2D eigenvalue weighted by Crippen LogP contribution is -2.11. The Morgan fingerprint density at radius 1 is 0.676 bits per heavy atom. The van der Waals surface area contributed by atoms with Gasteiger partial charge in [-0.1, -0.05) is 102 Å². The van der Waals surface area contributed by atoms with Crippen LogP contribution in [0.25, 0.3) is 42.7 Å². The van der Waals surface area contributed by atoms with E-state index >= 15 is 0 Å². The lowest BCUT2D eigenvalue weighted by atomic mass is 9.84. The summed E-state index contributed by atoms with van der Waals surface area (Å²) in [7, 11) is 0. The SMILES string of the molecule is Cc1c(-c2nc3c(-c4ccc(C(C)(C)C)cc4)cc(C(C)(C)C)cc3s2)ccc2ccccc12. The van der Waals surface area contributed by atoms with Gasteiger partial charge in [0.05, 0.1) is 10.2 Å². The predicted molar refractivity (Wildman–Crippen MR) is 150 cm³/mol. The van der Waals surface area contributed by atoms with Gasteiger partial charge in [-0.15, -0.1) is 11.3 Å². The maximum atomic E-state index is 5.24. The normalized spacial score (nSPS) is 12.6. The summed E-state index contributed by atoms with van der Waals surface area (Å²) >= 11 is 1.81. The fourth-order valence-electron chi connectivity index (χ4n) is 4.61. The molecule has 34 heavy (non-hydrogen) atoms. The molecule has 0 spiro atoms. The minimum Gasteiger partial charge on any atom is -0.235 e. The number of rotatable bonds is 2. The van der Waals surface area contributed by atoms with E-state index in [2.05, 4.69) is 121 Å². The van der Waals surface area contributed by atoms with Gasteiger partial charge in [0.2, 0.25) is 0 Å². The van der Waals surface area contributed by atoms with Gasteiger partial charge < -0.3 is 0 Å². The van der Waals surface area contributed by atoms with E-state index in [-0.39, 0.29) is 10.8 Å². The zero-order valence-electron chi connectivity index (χ0n) is 21.3. The van der Waals surface area contributed by atoms with Gasteiger partial charge in [0.15, 0.2) is 0 Å². The maximum Gasteiger partial charge on any atom is 0.124 e. The molecule has 5 aromatic rings. The Morgan fingerprint density at radius 3 is 2.03 bits per heavy atom. The van der Waals surface area contributed by atoms with Crippen molar-refractivity contribution in [3.8, 4) is 21.7 Å². The summed E-state index contributed by atoms with van der Waals surface area (Å²) < 4.78 is 1.25. The molecule has 1 aromatic heterocycles. The molecule has 1 nitrogen and oxygen atoms in total. The number of hydrogen-bond acceptors (Lipinski definition) is 2. The van der Waals surface area contributed by atoms with Crippen LogP contribution < -0.4 is 0 Å². The van der Waals surface area contributed by atoms with Crippen molar-refractivity contribution in [3.05, 3.63) is 89.5 Å². The molecule has 0 bridgehead atoms. The average molecular weight is 464 g/mol. The fraction of sp³-hybridized carbons (Fsp3) is 0.281. The van der Waals surface area contributed by atoms with Crippen LogP contribution in [0.3, 0.4) is 0 Å². The lowest BCUT2D eigenvalue weighted by molar-refractivity contribution is 0.590. The monoisotopic (exact) mass is 463 g/mol. The highest BCUT2D eigenvalue weighted by Gasteiger charge is 2.21. The zero-order chi connectivity index (χ0) is 24.3. The fourth-order valence-corrected chi connectivity index (χ4v) is 5.72. The smallest absolute Gasteiger partial charge is 0.124 e. The molecule has 0 atom stereocenters. The van der Waals surface area contributed by atoms with E-state index in [0.717, 1.165) is 10.5 Å². The molecule has 0 amide bonds. The van der Waals surface area contributed by atoms with Gasteiger partial charge in [-0.2, -0.15) is 0 Å². The van der Waals surface area contributed by atoms with Crippen LogP contribution >= 0.6 is 11.3 Å². The standard InChI is InChI=1S/C32H33NS/c1-20-25-11-9-8-10-21(25)14-17-26(20)30-33-29-27(18-24(32(5,6)7)19-28(29)34-30)22-12-15-23(16-13-22)31(2,3)4/h8-19H,1-7H3. The number of fused-ring (bicyclic) bond motifs is 2. The Hall–Kier alpha value is -2.97. The Kier molecular flexibility index (Phi) is 5.41. The van der Waals surface area contributed by atoms with E-state index in [1.54, 1.807) is 0 Å². The summed E-state index contributed by atoms with van der Waals surface area (Å²) in [5, 5.41) is 3.67. The topological polar surface area (TPSA) is 12.9 Å². The van der Waals surface area contributed by atoms with Crippen molar-refractivity contribution >= 4 is 32.3 Å². The van der Waals surface area contributed by atoms with Crippen molar-refractivity contribution in [1.29, 1.82) is 0 Å². The van der Waals surface area contributed by atoms with Crippen LogP contribution in [-0.2, 0) is 10.8 Å². The molecule has 0 aliphatic carbocycles. The Bertz CT molecular complexity index is 1510. The van der Waals surface area contributed by atoms with Gasteiger partial charge in [0, 0.05) is 11.1 Å². The zero-order valence-corrected chi connectivity index (χ0v) is 22.1. The van der Waals surface area contributed by atoms with Crippen LogP contribution in [0.4, 0.5) is 0 Å². The van der Waals surface area contributed by atoms with Crippen LogP contribution in [0, 0.1) is 6.92 Å². The van der Waals surface area contributed by atoms with Gasteiger partial charge in [0.1, 0.15) is 5.01 Å². The molecule has 4 aromatic carbocycles. The number of aryl methyl sites for hydroxylation is 1. The number of benzene rings is 4. The molecular weight excluding hydrogens is 430 g/mol. The summed E-state index contributed by atoms with van der Waals surface area (Å²) in [6, 6.07) is 26.8. The molecular formula is C32H33NS. The Balaban J connectivity index is 1.72. The predicted octanol–water partition coefficient (Wildman–Crippen LogP) is 9.69. The minimum atomic E-state index is 0.0668. The summed E-state index contributed by atoms with van der Waals surface area (Å²) in [5.41, 5.74) is 8.99. The molecule has 0 saturated heterocycles. The van der Waals surface area contributed by atoms with Crippen LogP contribution in [0.2, 0.25) is 0 Å². The number of thiazole rings is 1. The first-order valence-electron chi connectivity index (χ1n) is 12.1. The second-order valence-electron chi connectivity index (χ2n) is 11.4. The van der Waals surface area contributed by atoms with Crippen molar-refractivity contribution in [1.82, 2.24) is 4.98 Å². The first kappa shape index (κ1) is 22.8. The van der Waals surface area contributed by atoms with E-state index < -0.39 is 0 Å². The van der Waals surface area contributed by atoms with E-state index in [1.165, 1.54) is 48.9 Å². The lowest BCUT2D eigenvalue weighted by Gasteiger charge is -2.21. The highest BCUT2D eigenvalue weighted by molar-refractivity contribution is 7.21. The van der Waals surface area contributed by atoms with E-state index in [1.807, 2.05) is 11.3 Å². The molecule has 1 heterocycles. The Morgan fingerprint density at radius 2 is 1.35 bits per heavy atom. The quantitative estimate of drug-likeness (QED) is 0.254. The minimum absolute atomic E-state index is 0.0668. The molecule has 0 radical (unpaired) electrons. The van der Waals surface area contributed by atoms with Crippen molar-refractivity contribution in [2.24, 2.45) is 0 Å². The highest BCUT2D eigenvalue weighted by atomic mass is 32.1. The van der Waals surface area contributed by atoms with Crippen LogP contribution in [0.5, 0.6) is 0 Å². The first-order valence-corrected chi connectivity index (χ1v) is 12.9. The van der Waals surface area contributed by atoms with Gasteiger partial charge in [-0.3, -0.25) is 0 Å². The van der Waals surface area contributed by atoms with Gasteiger partial charge in [-0.05, 0) is 62.9 Å². The summed E-state index contributed by atoms with van der Waals surface area (Å²) in [6.07, 6.45) is 0. The maximum absolute atomic E-state index is 5.24.